The van der Waals surface area contributed by atoms with E-state index in [1.54, 1.807) is 0 Å². The Labute approximate surface area is 67.1 Å². The third-order valence-electron chi connectivity index (χ3n) is 1.79. The van der Waals surface area contributed by atoms with Gasteiger partial charge in [0.25, 0.3) is 0 Å². The van der Waals surface area contributed by atoms with Crippen LogP contribution in [0.15, 0.2) is 11.0 Å². The Morgan fingerprint density at radius 2 is 2.60 bits per heavy atom. The summed E-state index contributed by atoms with van der Waals surface area (Å²) in [4.78, 5) is 1.40. The zero-order valence-electron chi connectivity index (χ0n) is 6.63. The quantitative estimate of drug-likeness (QED) is 0.664. The first-order chi connectivity index (χ1) is 4.74. The molecule has 2 atom stereocenters. The standard InChI is InChI=1S/C8H15NS/c1-3-7(9)8-5-4-6(2)10-8/h5-7H,3-4,9H2,1-2H3/t6?,7-/m1/s1. The molecule has 2 N–H and O–H groups in total. The van der Waals surface area contributed by atoms with Gasteiger partial charge < -0.3 is 5.73 Å². The second-order valence-electron chi connectivity index (χ2n) is 2.79. The van der Waals surface area contributed by atoms with Gasteiger partial charge in [0.15, 0.2) is 0 Å². The lowest BCUT2D eigenvalue weighted by Gasteiger charge is -2.09. The largest absolute Gasteiger partial charge is 0.324 e. The molecule has 0 aliphatic carbocycles. The number of hydrogen-bond acceptors (Lipinski definition) is 2. The van der Waals surface area contributed by atoms with Crippen molar-refractivity contribution in [1.29, 1.82) is 0 Å². The Bertz CT molecular complexity index is 142. The highest BCUT2D eigenvalue weighted by molar-refractivity contribution is 8.03. The molecule has 1 aliphatic heterocycles. The molecule has 2 heteroatoms. The third kappa shape index (κ3) is 1.77. The van der Waals surface area contributed by atoms with Gasteiger partial charge in [0.2, 0.25) is 0 Å². The lowest BCUT2D eigenvalue weighted by Crippen LogP contribution is -2.19. The average molecular weight is 157 g/mol. The molecule has 0 amide bonds. The molecule has 0 aromatic carbocycles. The van der Waals surface area contributed by atoms with Gasteiger partial charge in [-0.2, -0.15) is 0 Å². The predicted octanol–water partition coefficient (Wildman–Crippen LogP) is 2.13. The summed E-state index contributed by atoms with van der Waals surface area (Å²) in [7, 11) is 0. The van der Waals surface area contributed by atoms with E-state index in [0.29, 0.717) is 6.04 Å². The molecule has 0 bridgehead atoms. The minimum atomic E-state index is 0.301. The summed E-state index contributed by atoms with van der Waals surface area (Å²) in [6.07, 6.45) is 4.54. The number of rotatable bonds is 2. The van der Waals surface area contributed by atoms with Crippen LogP contribution in [0.2, 0.25) is 0 Å². The Morgan fingerprint density at radius 1 is 1.90 bits per heavy atom. The van der Waals surface area contributed by atoms with Gasteiger partial charge in [-0.1, -0.05) is 19.9 Å². The fourth-order valence-electron chi connectivity index (χ4n) is 1.05. The van der Waals surface area contributed by atoms with E-state index >= 15 is 0 Å². The molecule has 1 heterocycles. The molecule has 0 saturated carbocycles. The normalized spacial score (nSPS) is 28.3. The fourth-order valence-corrected chi connectivity index (χ4v) is 2.24. The predicted molar refractivity (Wildman–Crippen MR) is 48.0 cm³/mol. The lowest BCUT2D eigenvalue weighted by atomic mass is 10.2. The second kappa shape index (κ2) is 3.44. The second-order valence-corrected chi connectivity index (χ2v) is 4.30. The Kier molecular flexibility index (Phi) is 2.81. The Hall–Kier alpha value is 0.0500. The molecule has 0 fully saturated rings. The van der Waals surface area contributed by atoms with Crippen LogP contribution in [0.25, 0.3) is 0 Å². The van der Waals surface area contributed by atoms with E-state index in [4.69, 9.17) is 5.73 Å². The summed E-state index contributed by atoms with van der Waals surface area (Å²) in [5.74, 6) is 0. The first-order valence-electron chi connectivity index (χ1n) is 3.86. The van der Waals surface area contributed by atoms with Crippen molar-refractivity contribution in [2.75, 3.05) is 0 Å². The van der Waals surface area contributed by atoms with Gasteiger partial charge in [-0.3, -0.25) is 0 Å². The first kappa shape index (κ1) is 8.15. The first-order valence-corrected chi connectivity index (χ1v) is 4.74. The van der Waals surface area contributed by atoms with Gasteiger partial charge in [0.05, 0.1) is 0 Å². The van der Waals surface area contributed by atoms with Crippen LogP contribution in [-0.4, -0.2) is 11.3 Å². The Balaban J connectivity index is 2.43. The lowest BCUT2D eigenvalue weighted by molar-refractivity contribution is 0.772. The Morgan fingerprint density at radius 3 is 3.00 bits per heavy atom. The van der Waals surface area contributed by atoms with Crippen LogP contribution in [0.5, 0.6) is 0 Å². The van der Waals surface area contributed by atoms with Crippen molar-refractivity contribution in [3.63, 3.8) is 0 Å². The summed E-state index contributed by atoms with van der Waals surface area (Å²) >= 11 is 1.93. The van der Waals surface area contributed by atoms with Gasteiger partial charge in [0, 0.05) is 11.3 Å². The molecule has 0 radical (unpaired) electrons. The number of hydrogen-bond donors (Lipinski definition) is 1. The van der Waals surface area contributed by atoms with Crippen molar-refractivity contribution < 1.29 is 0 Å². The maximum Gasteiger partial charge on any atom is 0.0349 e. The van der Waals surface area contributed by atoms with Crippen molar-refractivity contribution in [2.24, 2.45) is 5.73 Å². The highest BCUT2D eigenvalue weighted by Gasteiger charge is 2.16. The van der Waals surface area contributed by atoms with Crippen LogP contribution in [-0.2, 0) is 0 Å². The zero-order valence-corrected chi connectivity index (χ0v) is 7.45. The van der Waals surface area contributed by atoms with E-state index in [9.17, 15) is 0 Å². The van der Waals surface area contributed by atoms with Gasteiger partial charge in [-0.15, -0.1) is 11.8 Å². The number of thioether (sulfide) groups is 1. The van der Waals surface area contributed by atoms with Gasteiger partial charge in [-0.05, 0) is 17.7 Å². The molecular weight excluding hydrogens is 142 g/mol. The third-order valence-corrected chi connectivity index (χ3v) is 3.13. The summed E-state index contributed by atoms with van der Waals surface area (Å²) < 4.78 is 0. The minimum Gasteiger partial charge on any atom is -0.324 e. The van der Waals surface area contributed by atoms with Crippen LogP contribution < -0.4 is 5.73 Å². The summed E-state index contributed by atoms with van der Waals surface area (Å²) in [6.45, 7) is 4.38. The van der Waals surface area contributed by atoms with E-state index in [0.717, 1.165) is 11.7 Å². The maximum absolute atomic E-state index is 5.85. The van der Waals surface area contributed by atoms with Gasteiger partial charge in [0.1, 0.15) is 0 Å². The SMILES string of the molecule is CC[C@@H](N)C1=CCC(C)S1. The van der Waals surface area contributed by atoms with Crippen molar-refractivity contribution >= 4 is 11.8 Å². The monoisotopic (exact) mass is 157 g/mol. The van der Waals surface area contributed by atoms with Gasteiger partial charge >= 0.3 is 0 Å². The van der Waals surface area contributed by atoms with Crippen LogP contribution >= 0.6 is 11.8 Å². The molecular formula is C8H15NS. The van der Waals surface area contributed by atoms with E-state index < -0.39 is 0 Å². The van der Waals surface area contributed by atoms with Crippen LogP contribution in [0.4, 0.5) is 0 Å². The molecule has 10 heavy (non-hydrogen) atoms. The fraction of sp³-hybridized carbons (Fsp3) is 0.750. The minimum absolute atomic E-state index is 0.301. The molecule has 0 aromatic rings. The molecule has 0 saturated heterocycles. The molecule has 1 unspecified atom stereocenters. The van der Waals surface area contributed by atoms with Crippen molar-refractivity contribution in [3.05, 3.63) is 11.0 Å². The summed E-state index contributed by atoms with van der Waals surface area (Å²) in [5, 5.41) is 0.757. The summed E-state index contributed by atoms with van der Waals surface area (Å²) in [5.41, 5.74) is 5.85. The number of nitrogens with two attached hydrogens (primary N) is 1. The van der Waals surface area contributed by atoms with Crippen molar-refractivity contribution in [2.45, 2.75) is 38.0 Å². The van der Waals surface area contributed by atoms with Crippen LogP contribution in [0, 0.1) is 0 Å². The molecule has 58 valence electrons. The molecule has 1 rings (SSSR count). The van der Waals surface area contributed by atoms with E-state index in [1.807, 2.05) is 11.8 Å². The smallest absolute Gasteiger partial charge is 0.0349 e. The highest BCUT2D eigenvalue weighted by atomic mass is 32.2. The van der Waals surface area contributed by atoms with Crippen molar-refractivity contribution in [1.82, 2.24) is 0 Å². The average Bonchev–Trinajstić information content (AvgIpc) is 2.34. The number of allylic oxidation sites excluding steroid dienone is 1. The maximum atomic E-state index is 5.85. The van der Waals surface area contributed by atoms with E-state index in [-0.39, 0.29) is 0 Å². The van der Waals surface area contributed by atoms with Crippen LogP contribution in [0.1, 0.15) is 26.7 Å². The zero-order chi connectivity index (χ0) is 7.56. The molecule has 1 aliphatic rings. The highest BCUT2D eigenvalue weighted by Crippen LogP contribution is 2.33. The van der Waals surface area contributed by atoms with Gasteiger partial charge in [-0.25, -0.2) is 0 Å². The molecule has 0 spiro atoms. The topological polar surface area (TPSA) is 26.0 Å². The van der Waals surface area contributed by atoms with E-state index in [1.165, 1.54) is 11.3 Å². The summed E-state index contributed by atoms with van der Waals surface area (Å²) in [6, 6.07) is 0.301. The van der Waals surface area contributed by atoms with E-state index in [2.05, 4.69) is 19.9 Å². The molecule has 1 nitrogen and oxygen atoms in total. The molecule has 0 aromatic heterocycles. The van der Waals surface area contributed by atoms with Crippen molar-refractivity contribution in [3.8, 4) is 0 Å². The van der Waals surface area contributed by atoms with Crippen LogP contribution in [0.3, 0.4) is 0 Å².